The Kier molecular flexibility index (Phi) is 10.9. The van der Waals surface area contributed by atoms with Gasteiger partial charge in [-0.25, -0.2) is 4.79 Å². The summed E-state index contributed by atoms with van der Waals surface area (Å²) < 4.78 is 41.0. The predicted octanol–water partition coefficient (Wildman–Crippen LogP) is 6.21. The molecule has 0 saturated carbocycles. The number of benzene rings is 4. The van der Waals surface area contributed by atoms with Crippen LogP contribution >= 0.6 is 12.4 Å². The fraction of sp³-hybridized carbons (Fsp3) is 0.200. The SMILES string of the molecule is COC(=O)c1c(-c2cc(OC)c(OC)c(OC)c2)c2cc(OC)c(OC(OC)c3ccccc3)cc2c(=O)n1-c1ccc(N)cc1.Cl. The second kappa shape index (κ2) is 14.8. The number of nitrogen functional groups attached to an aromatic ring is 1. The molecule has 47 heavy (non-hydrogen) atoms. The van der Waals surface area contributed by atoms with E-state index in [0.717, 1.165) is 5.56 Å². The Balaban J connectivity index is 0.00000500. The van der Waals surface area contributed by atoms with Crippen LogP contribution in [0.4, 0.5) is 5.69 Å². The quantitative estimate of drug-likeness (QED) is 0.0990. The highest BCUT2D eigenvalue weighted by Gasteiger charge is 2.29. The molecule has 0 saturated heterocycles. The van der Waals surface area contributed by atoms with Crippen LogP contribution in [0.2, 0.25) is 0 Å². The van der Waals surface area contributed by atoms with Crippen molar-refractivity contribution < 1.29 is 38.0 Å². The standard InChI is InChI=1S/C35H34N2O9.ClH/c1-40-26-18-24-25(19-27(26)46-35(45-6)20-10-8-7-9-11-20)33(38)37(23-14-12-22(36)13-15-23)31(34(39)44-5)30(24)21-16-28(41-2)32(43-4)29(17-21)42-3;/h7-19,35H,36H2,1-6H3;1H. The van der Waals surface area contributed by atoms with Gasteiger partial charge < -0.3 is 38.9 Å². The Morgan fingerprint density at radius 3 is 1.85 bits per heavy atom. The van der Waals surface area contributed by atoms with Gasteiger partial charge in [-0.05, 0) is 54.1 Å². The molecule has 12 heteroatoms. The van der Waals surface area contributed by atoms with Crippen molar-refractivity contribution >= 4 is 34.8 Å². The van der Waals surface area contributed by atoms with Gasteiger partial charge in [-0.2, -0.15) is 0 Å². The molecule has 1 aromatic heterocycles. The number of esters is 1. The number of carbonyl (C=O) groups excluding carboxylic acids is 1. The predicted molar refractivity (Wildman–Crippen MR) is 181 cm³/mol. The number of nitrogens with zero attached hydrogens (tertiary/aromatic N) is 1. The number of pyridine rings is 1. The van der Waals surface area contributed by atoms with E-state index < -0.39 is 17.8 Å². The Morgan fingerprint density at radius 2 is 1.32 bits per heavy atom. The molecule has 5 aromatic rings. The largest absolute Gasteiger partial charge is 0.493 e. The molecule has 0 amide bonds. The van der Waals surface area contributed by atoms with Crippen molar-refractivity contribution in [2.24, 2.45) is 0 Å². The minimum atomic E-state index is -0.809. The first-order valence-corrected chi connectivity index (χ1v) is 14.1. The number of rotatable bonds is 11. The van der Waals surface area contributed by atoms with E-state index >= 15 is 0 Å². The van der Waals surface area contributed by atoms with Crippen LogP contribution < -0.4 is 35.0 Å². The summed E-state index contributed by atoms with van der Waals surface area (Å²) in [4.78, 5) is 28.2. The Morgan fingerprint density at radius 1 is 0.723 bits per heavy atom. The van der Waals surface area contributed by atoms with Gasteiger partial charge in [-0.3, -0.25) is 9.36 Å². The molecular weight excluding hydrogens is 628 g/mol. The maximum absolute atomic E-state index is 14.5. The van der Waals surface area contributed by atoms with Crippen molar-refractivity contribution in [3.63, 3.8) is 0 Å². The summed E-state index contributed by atoms with van der Waals surface area (Å²) in [5.41, 5.74) is 7.83. The molecule has 1 atom stereocenters. The smallest absolute Gasteiger partial charge is 0.355 e. The number of nitrogens with two attached hydrogens (primary N) is 1. The normalized spacial score (nSPS) is 11.3. The Labute approximate surface area is 277 Å². The van der Waals surface area contributed by atoms with Crippen molar-refractivity contribution in [3.05, 3.63) is 100 Å². The number of hydrogen-bond acceptors (Lipinski definition) is 10. The Hall–Kier alpha value is -5.39. The monoisotopic (exact) mass is 662 g/mol. The zero-order valence-corrected chi connectivity index (χ0v) is 27.5. The highest BCUT2D eigenvalue weighted by molar-refractivity contribution is 6.08. The number of methoxy groups -OCH3 is 6. The molecule has 0 aliphatic carbocycles. The maximum Gasteiger partial charge on any atom is 0.355 e. The first-order chi connectivity index (χ1) is 22.3. The second-order valence-electron chi connectivity index (χ2n) is 10.0. The van der Waals surface area contributed by atoms with Gasteiger partial charge in [0, 0.05) is 35.0 Å². The third-order valence-electron chi connectivity index (χ3n) is 7.47. The molecule has 0 bridgehead atoms. The first kappa shape index (κ1) is 34.5. The summed E-state index contributed by atoms with van der Waals surface area (Å²) in [5, 5.41) is 0.594. The number of halogens is 1. The zero-order chi connectivity index (χ0) is 33.0. The minimum Gasteiger partial charge on any atom is -0.493 e. The number of anilines is 1. The van der Waals surface area contributed by atoms with Crippen LogP contribution in [0.5, 0.6) is 28.7 Å². The second-order valence-corrected chi connectivity index (χ2v) is 10.0. The highest BCUT2D eigenvalue weighted by atomic mass is 35.5. The summed E-state index contributed by atoms with van der Waals surface area (Å²) >= 11 is 0. The van der Waals surface area contributed by atoms with Crippen molar-refractivity contribution in [3.8, 4) is 45.6 Å². The average Bonchev–Trinajstić information content (AvgIpc) is 3.10. The van der Waals surface area contributed by atoms with Gasteiger partial charge in [0.05, 0.1) is 40.9 Å². The van der Waals surface area contributed by atoms with Crippen molar-refractivity contribution in [2.75, 3.05) is 48.4 Å². The molecule has 0 spiro atoms. The van der Waals surface area contributed by atoms with E-state index in [9.17, 15) is 9.59 Å². The van der Waals surface area contributed by atoms with E-state index in [4.69, 9.17) is 38.9 Å². The van der Waals surface area contributed by atoms with E-state index in [1.807, 2.05) is 30.3 Å². The van der Waals surface area contributed by atoms with Crippen molar-refractivity contribution in [1.29, 1.82) is 0 Å². The molecule has 1 heterocycles. The number of carbonyl (C=O) groups is 1. The molecule has 0 aliphatic heterocycles. The average molecular weight is 663 g/mol. The number of aromatic nitrogens is 1. The van der Waals surface area contributed by atoms with E-state index in [0.29, 0.717) is 50.9 Å². The molecule has 246 valence electrons. The lowest BCUT2D eigenvalue weighted by Crippen LogP contribution is -2.27. The van der Waals surface area contributed by atoms with E-state index in [1.54, 1.807) is 48.5 Å². The van der Waals surface area contributed by atoms with Crippen LogP contribution in [-0.4, -0.2) is 53.2 Å². The molecule has 11 nitrogen and oxygen atoms in total. The van der Waals surface area contributed by atoms with Crippen LogP contribution in [0.25, 0.3) is 27.6 Å². The molecule has 5 rings (SSSR count). The lowest BCUT2D eigenvalue weighted by molar-refractivity contribution is -0.0573. The Bertz CT molecular complexity index is 1920. The van der Waals surface area contributed by atoms with E-state index in [-0.39, 0.29) is 29.2 Å². The van der Waals surface area contributed by atoms with Crippen molar-refractivity contribution in [1.82, 2.24) is 4.57 Å². The molecule has 0 radical (unpaired) electrons. The molecule has 0 aliphatic rings. The minimum absolute atomic E-state index is 0. The number of ether oxygens (including phenoxy) is 7. The van der Waals surface area contributed by atoms with E-state index in [1.165, 1.54) is 47.2 Å². The lowest BCUT2D eigenvalue weighted by Gasteiger charge is -2.23. The third kappa shape index (κ3) is 6.49. The van der Waals surface area contributed by atoms with Gasteiger partial charge in [0.15, 0.2) is 23.0 Å². The van der Waals surface area contributed by atoms with Crippen molar-refractivity contribution in [2.45, 2.75) is 6.29 Å². The maximum atomic E-state index is 14.5. The molecule has 4 aromatic carbocycles. The van der Waals surface area contributed by atoms with Crippen LogP contribution in [0.1, 0.15) is 22.3 Å². The molecular formula is C35H35ClN2O9. The third-order valence-corrected chi connectivity index (χ3v) is 7.47. The van der Waals surface area contributed by atoms with Gasteiger partial charge in [0.25, 0.3) is 5.56 Å². The van der Waals surface area contributed by atoms with Crippen LogP contribution in [-0.2, 0) is 9.47 Å². The fourth-order valence-corrected chi connectivity index (χ4v) is 5.31. The molecule has 2 N–H and O–H groups in total. The van der Waals surface area contributed by atoms with Crippen LogP contribution in [0, 0.1) is 0 Å². The van der Waals surface area contributed by atoms with Gasteiger partial charge in [0.1, 0.15) is 5.69 Å². The summed E-state index contributed by atoms with van der Waals surface area (Å²) in [7, 11) is 8.71. The zero-order valence-electron chi connectivity index (χ0n) is 26.7. The van der Waals surface area contributed by atoms with Crippen LogP contribution in [0.3, 0.4) is 0 Å². The summed E-state index contributed by atoms with van der Waals surface area (Å²) in [6.45, 7) is 0. The highest BCUT2D eigenvalue weighted by Crippen LogP contribution is 2.45. The van der Waals surface area contributed by atoms with E-state index in [2.05, 4.69) is 0 Å². The lowest BCUT2D eigenvalue weighted by atomic mass is 9.95. The molecule has 1 unspecified atom stereocenters. The van der Waals surface area contributed by atoms with Gasteiger partial charge >= 0.3 is 5.97 Å². The topological polar surface area (TPSA) is 130 Å². The van der Waals surface area contributed by atoms with Gasteiger partial charge in [0.2, 0.25) is 12.0 Å². The molecule has 0 fully saturated rings. The first-order valence-electron chi connectivity index (χ1n) is 14.1. The van der Waals surface area contributed by atoms with Crippen LogP contribution in [0.15, 0.2) is 83.7 Å². The number of fused-ring (bicyclic) bond motifs is 1. The summed E-state index contributed by atoms with van der Waals surface area (Å²) in [6, 6.07) is 22.5. The summed E-state index contributed by atoms with van der Waals surface area (Å²) in [6.07, 6.45) is -0.809. The van der Waals surface area contributed by atoms with Gasteiger partial charge in [-0.15, -0.1) is 12.4 Å². The number of hydrogen-bond donors (Lipinski definition) is 1. The summed E-state index contributed by atoms with van der Waals surface area (Å²) in [5.74, 6) is 0.798. The van der Waals surface area contributed by atoms with Gasteiger partial charge in [-0.1, -0.05) is 30.3 Å². The fourth-order valence-electron chi connectivity index (χ4n) is 5.31.